The lowest BCUT2D eigenvalue weighted by molar-refractivity contribution is -0.137. The topological polar surface area (TPSA) is 85.2 Å². The average Bonchev–Trinajstić information content (AvgIpc) is 3.60. The molecule has 0 unspecified atom stereocenters. The largest absolute Gasteiger partial charge is 0.491 e. The number of hydrogen-bond acceptors (Lipinski definition) is 4. The van der Waals surface area contributed by atoms with Gasteiger partial charge in [-0.2, -0.15) is 18.3 Å². The molecule has 0 bridgehead atoms. The lowest BCUT2D eigenvalue weighted by atomic mass is 9.93. The number of carbonyl (C=O) groups is 2. The smallest absolute Gasteiger partial charge is 0.417 e. The van der Waals surface area contributed by atoms with E-state index in [4.69, 9.17) is 4.74 Å². The first-order valence-electron chi connectivity index (χ1n) is 13.9. The van der Waals surface area contributed by atoms with Gasteiger partial charge in [0.1, 0.15) is 18.2 Å². The Morgan fingerprint density at radius 2 is 1.71 bits per heavy atom. The number of nitrogens with zero attached hydrogens (tertiary/aromatic N) is 2. The number of halogens is 4. The summed E-state index contributed by atoms with van der Waals surface area (Å²) in [5, 5.41) is 10.2. The van der Waals surface area contributed by atoms with E-state index in [9.17, 15) is 27.2 Å². The van der Waals surface area contributed by atoms with Crippen LogP contribution in [0.2, 0.25) is 0 Å². The maximum atomic E-state index is 13.9. The minimum Gasteiger partial charge on any atom is -0.491 e. The van der Waals surface area contributed by atoms with Crippen molar-refractivity contribution in [1.29, 1.82) is 0 Å². The Hall–Kier alpha value is -3.89. The molecule has 1 atom stereocenters. The van der Waals surface area contributed by atoms with Gasteiger partial charge in [0, 0.05) is 11.6 Å². The molecule has 2 fully saturated rings. The van der Waals surface area contributed by atoms with Gasteiger partial charge in [-0.25, -0.2) is 4.39 Å². The quantitative estimate of drug-likeness (QED) is 0.289. The molecule has 2 saturated carbocycles. The summed E-state index contributed by atoms with van der Waals surface area (Å²) in [5.41, 5.74) is -0.675. The minimum absolute atomic E-state index is 0.0462. The van der Waals surface area contributed by atoms with Crippen LogP contribution >= 0.6 is 0 Å². The van der Waals surface area contributed by atoms with Crippen molar-refractivity contribution in [1.82, 2.24) is 20.4 Å². The molecule has 0 radical (unpaired) electrons. The third-order valence-corrected chi connectivity index (χ3v) is 7.65. The van der Waals surface area contributed by atoms with Gasteiger partial charge in [-0.3, -0.25) is 14.3 Å². The van der Waals surface area contributed by atoms with Gasteiger partial charge in [0.2, 0.25) is 5.91 Å². The minimum atomic E-state index is -4.58. The highest BCUT2D eigenvalue weighted by Crippen LogP contribution is 2.40. The zero-order chi connectivity index (χ0) is 29.0. The van der Waals surface area contributed by atoms with Crippen molar-refractivity contribution in [3.05, 3.63) is 71.7 Å². The third kappa shape index (κ3) is 7.07. The number of benzene rings is 2. The first-order valence-corrected chi connectivity index (χ1v) is 13.9. The maximum Gasteiger partial charge on any atom is 0.417 e. The van der Waals surface area contributed by atoms with Gasteiger partial charge in [-0.1, -0.05) is 31.0 Å². The van der Waals surface area contributed by atoms with Crippen molar-refractivity contribution in [3.63, 3.8) is 0 Å². The molecule has 218 valence electrons. The number of alkyl halides is 3. The summed E-state index contributed by atoms with van der Waals surface area (Å²) >= 11 is 0. The number of hydrogen-bond donors (Lipinski definition) is 2. The maximum absolute atomic E-state index is 13.9. The molecule has 0 saturated heterocycles. The van der Waals surface area contributed by atoms with Crippen molar-refractivity contribution in [3.8, 4) is 17.0 Å². The Balaban J connectivity index is 1.39. The number of nitrogens with one attached hydrogen (secondary N) is 2. The van der Waals surface area contributed by atoms with E-state index in [2.05, 4.69) is 15.7 Å². The summed E-state index contributed by atoms with van der Waals surface area (Å²) in [6.45, 7) is -0.0808. The SMILES string of the molecule is O=C(C[C@H](COc1ccc(F)cc1)NC(=O)c1cc(-c2ccccc2C(F)(F)F)n(C2CCCC2)n1)NC1CCC1. The van der Waals surface area contributed by atoms with Crippen molar-refractivity contribution in [2.75, 3.05) is 6.61 Å². The summed E-state index contributed by atoms with van der Waals surface area (Å²) in [5.74, 6) is -0.944. The van der Waals surface area contributed by atoms with E-state index in [-0.39, 0.29) is 48.0 Å². The molecular weight excluding hydrogens is 540 g/mol. The van der Waals surface area contributed by atoms with E-state index in [1.54, 1.807) is 4.68 Å². The standard InChI is InChI=1S/C30H32F4N4O3/c31-19-12-14-23(15-13-19)41-18-21(16-28(39)35-20-6-5-7-20)36-29(40)26-17-27(38(37-26)22-8-1-2-9-22)24-10-3-4-11-25(24)30(32,33)34/h3-4,10-15,17,20-22H,1-2,5-9,16,18H2,(H,35,39)(H,36,40)/t21-/m1/s1. The van der Waals surface area contributed by atoms with E-state index >= 15 is 0 Å². The lowest BCUT2D eigenvalue weighted by Crippen LogP contribution is -2.46. The zero-order valence-corrected chi connectivity index (χ0v) is 22.4. The van der Waals surface area contributed by atoms with Gasteiger partial charge in [0.25, 0.3) is 5.91 Å². The highest BCUT2D eigenvalue weighted by Gasteiger charge is 2.35. The Morgan fingerprint density at radius 3 is 2.37 bits per heavy atom. The van der Waals surface area contributed by atoms with Crippen LogP contribution in [0.4, 0.5) is 17.6 Å². The normalized spacial score (nSPS) is 16.7. The molecule has 0 spiro atoms. The summed E-state index contributed by atoms with van der Waals surface area (Å²) in [4.78, 5) is 26.1. The molecule has 7 nitrogen and oxygen atoms in total. The van der Waals surface area contributed by atoms with Crippen LogP contribution in [0.1, 0.15) is 73.5 Å². The molecule has 3 aromatic rings. The molecule has 2 aromatic carbocycles. The highest BCUT2D eigenvalue weighted by molar-refractivity contribution is 5.94. The fourth-order valence-electron chi connectivity index (χ4n) is 5.29. The van der Waals surface area contributed by atoms with Crippen LogP contribution in [0.15, 0.2) is 54.6 Å². The van der Waals surface area contributed by atoms with Crippen LogP contribution < -0.4 is 15.4 Å². The molecular formula is C30H32F4N4O3. The van der Waals surface area contributed by atoms with Crippen LogP contribution in [0, 0.1) is 5.82 Å². The average molecular weight is 573 g/mol. The second-order valence-electron chi connectivity index (χ2n) is 10.7. The van der Waals surface area contributed by atoms with Gasteiger partial charge < -0.3 is 15.4 Å². The number of carbonyl (C=O) groups excluding carboxylic acids is 2. The number of aromatic nitrogens is 2. The van der Waals surface area contributed by atoms with E-state index in [0.717, 1.165) is 51.0 Å². The molecule has 2 amide bonds. The Labute approximate surface area is 235 Å². The monoisotopic (exact) mass is 572 g/mol. The summed E-state index contributed by atoms with van der Waals surface area (Å²) in [6, 6.07) is 11.2. The molecule has 11 heteroatoms. The first-order chi connectivity index (χ1) is 19.7. The predicted molar refractivity (Wildman–Crippen MR) is 144 cm³/mol. The molecule has 2 N–H and O–H groups in total. The van der Waals surface area contributed by atoms with Crippen molar-refractivity contribution in [2.24, 2.45) is 0 Å². The third-order valence-electron chi connectivity index (χ3n) is 7.65. The van der Waals surface area contributed by atoms with Gasteiger partial charge in [-0.15, -0.1) is 0 Å². The summed E-state index contributed by atoms with van der Waals surface area (Å²) in [7, 11) is 0. The van der Waals surface area contributed by atoms with E-state index < -0.39 is 29.5 Å². The molecule has 5 rings (SSSR count). The zero-order valence-electron chi connectivity index (χ0n) is 22.4. The molecule has 2 aliphatic carbocycles. The fraction of sp³-hybridized carbons (Fsp3) is 0.433. The Kier molecular flexibility index (Phi) is 8.60. The first kappa shape index (κ1) is 28.6. The molecule has 0 aliphatic heterocycles. The van der Waals surface area contributed by atoms with Crippen LogP contribution in [-0.4, -0.2) is 40.3 Å². The highest BCUT2D eigenvalue weighted by atomic mass is 19.4. The summed E-state index contributed by atoms with van der Waals surface area (Å²) in [6.07, 6.45) is 1.53. The van der Waals surface area contributed by atoms with E-state index in [0.29, 0.717) is 5.75 Å². The van der Waals surface area contributed by atoms with Gasteiger partial charge in [-0.05, 0) is 68.5 Å². The Morgan fingerprint density at radius 1 is 1.00 bits per heavy atom. The lowest BCUT2D eigenvalue weighted by Gasteiger charge is -2.27. The predicted octanol–water partition coefficient (Wildman–Crippen LogP) is 6.06. The van der Waals surface area contributed by atoms with E-state index in [1.165, 1.54) is 48.5 Å². The van der Waals surface area contributed by atoms with E-state index in [1.807, 2.05) is 0 Å². The number of amides is 2. The Bertz CT molecular complexity index is 1360. The fourth-order valence-corrected chi connectivity index (χ4v) is 5.29. The number of rotatable bonds is 10. The molecule has 2 aliphatic rings. The van der Waals surface area contributed by atoms with Crippen LogP contribution in [0.25, 0.3) is 11.3 Å². The van der Waals surface area contributed by atoms with Crippen molar-refractivity contribution in [2.45, 2.75) is 75.7 Å². The second kappa shape index (κ2) is 12.3. The summed E-state index contributed by atoms with van der Waals surface area (Å²) < 4.78 is 62.2. The van der Waals surface area contributed by atoms with Crippen LogP contribution in [0.5, 0.6) is 5.75 Å². The van der Waals surface area contributed by atoms with Gasteiger partial charge in [0.05, 0.1) is 29.8 Å². The number of ether oxygens (including phenoxy) is 1. The molecule has 41 heavy (non-hydrogen) atoms. The molecule has 1 heterocycles. The van der Waals surface area contributed by atoms with Crippen molar-refractivity contribution < 1.29 is 31.9 Å². The van der Waals surface area contributed by atoms with Gasteiger partial charge in [0.15, 0.2) is 5.69 Å². The van der Waals surface area contributed by atoms with Crippen LogP contribution in [0.3, 0.4) is 0 Å². The van der Waals surface area contributed by atoms with Crippen LogP contribution in [-0.2, 0) is 11.0 Å². The van der Waals surface area contributed by atoms with Gasteiger partial charge >= 0.3 is 6.18 Å². The molecule has 1 aromatic heterocycles. The second-order valence-corrected chi connectivity index (χ2v) is 10.7. The van der Waals surface area contributed by atoms with Crippen molar-refractivity contribution >= 4 is 11.8 Å².